The molecule has 2 aliphatic carbocycles. The predicted molar refractivity (Wildman–Crippen MR) is 47.5 cm³/mol. The first kappa shape index (κ1) is 7.60. The first-order valence-electron chi connectivity index (χ1n) is 5.01. The van der Waals surface area contributed by atoms with Crippen LogP contribution in [0.3, 0.4) is 0 Å². The lowest BCUT2D eigenvalue weighted by Crippen LogP contribution is -2.29. The molecule has 0 spiro atoms. The Morgan fingerprint density at radius 3 is 2.55 bits per heavy atom. The Kier molecular flexibility index (Phi) is 1.92. The summed E-state index contributed by atoms with van der Waals surface area (Å²) in [5.41, 5.74) is 0. The molecule has 0 heterocycles. The Labute approximate surface area is 69.6 Å². The van der Waals surface area contributed by atoms with Crippen molar-refractivity contribution in [3.05, 3.63) is 0 Å². The van der Waals surface area contributed by atoms with Gasteiger partial charge < -0.3 is 5.32 Å². The average Bonchev–Trinajstić information content (AvgIpc) is 2.75. The minimum Gasteiger partial charge on any atom is -0.311 e. The highest BCUT2D eigenvalue weighted by Gasteiger charge is 2.34. The van der Waals surface area contributed by atoms with E-state index in [1.54, 1.807) is 0 Å². The molecule has 0 aromatic rings. The van der Waals surface area contributed by atoms with Crippen LogP contribution in [0.5, 0.6) is 0 Å². The van der Waals surface area contributed by atoms with Crippen LogP contribution < -0.4 is 5.32 Å². The van der Waals surface area contributed by atoms with Gasteiger partial charge in [0.1, 0.15) is 0 Å². The Bertz CT molecular complexity index is 140. The summed E-state index contributed by atoms with van der Waals surface area (Å²) in [7, 11) is 0. The topological polar surface area (TPSA) is 12.0 Å². The van der Waals surface area contributed by atoms with E-state index in [4.69, 9.17) is 0 Å². The van der Waals surface area contributed by atoms with Gasteiger partial charge in [-0.15, -0.1) is 0 Å². The van der Waals surface area contributed by atoms with E-state index >= 15 is 0 Å². The van der Waals surface area contributed by atoms with E-state index in [1.807, 2.05) is 0 Å². The van der Waals surface area contributed by atoms with Gasteiger partial charge in [0, 0.05) is 12.1 Å². The molecule has 0 aromatic heterocycles. The van der Waals surface area contributed by atoms with Crippen molar-refractivity contribution in [2.24, 2.45) is 11.8 Å². The van der Waals surface area contributed by atoms with Crippen molar-refractivity contribution >= 4 is 0 Å². The van der Waals surface area contributed by atoms with Crippen LogP contribution in [-0.2, 0) is 0 Å². The molecule has 2 fully saturated rings. The van der Waals surface area contributed by atoms with Crippen LogP contribution in [0.4, 0.5) is 0 Å². The van der Waals surface area contributed by atoms with E-state index in [-0.39, 0.29) is 0 Å². The molecule has 3 unspecified atom stereocenters. The normalized spacial score (nSPS) is 38.7. The van der Waals surface area contributed by atoms with Gasteiger partial charge in [-0.05, 0) is 31.6 Å². The smallest absolute Gasteiger partial charge is 0.00988 e. The van der Waals surface area contributed by atoms with Crippen LogP contribution in [0.15, 0.2) is 0 Å². The van der Waals surface area contributed by atoms with Crippen LogP contribution in [0.25, 0.3) is 0 Å². The highest BCUT2D eigenvalue weighted by Crippen LogP contribution is 2.35. The molecule has 0 bridgehead atoms. The SMILES string of the molecule is CC(CC1CC1)NC1CC1C. The van der Waals surface area contributed by atoms with Crippen LogP contribution in [-0.4, -0.2) is 12.1 Å². The standard InChI is InChI=1S/C10H19N/c1-7-5-10(7)11-8(2)6-9-3-4-9/h7-11H,3-6H2,1-2H3. The fraction of sp³-hybridized carbons (Fsp3) is 1.00. The molecular weight excluding hydrogens is 134 g/mol. The first-order chi connectivity index (χ1) is 5.25. The molecule has 0 radical (unpaired) electrons. The molecule has 1 N–H and O–H groups in total. The molecule has 1 nitrogen and oxygen atoms in total. The maximum Gasteiger partial charge on any atom is 0.00988 e. The molecule has 1 heteroatoms. The van der Waals surface area contributed by atoms with E-state index in [1.165, 1.54) is 25.7 Å². The molecule has 2 aliphatic rings. The summed E-state index contributed by atoms with van der Waals surface area (Å²) in [6.45, 7) is 4.67. The summed E-state index contributed by atoms with van der Waals surface area (Å²) < 4.78 is 0. The van der Waals surface area contributed by atoms with Crippen LogP contribution in [0.1, 0.15) is 39.5 Å². The number of rotatable bonds is 4. The van der Waals surface area contributed by atoms with E-state index in [2.05, 4.69) is 19.2 Å². The molecule has 0 saturated heterocycles. The van der Waals surface area contributed by atoms with Gasteiger partial charge in [-0.25, -0.2) is 0 Å². The predicted octanol–water partition coefficient (Wildman–Crippen LogP) is 2.17. The van der Waals surface area contributed by atoms with Gasteiger partial charge in [0.2, 0.25) is 0 Å². The molecule has 2 saturated carbocycles. The van der Waals surface area contributed by atoms with Crippen LogP contribution in [0.2, 0.25) is 0 Å². The third-order valence-corrected chi connectivity index (χ3v) is 2.99. The maximum atomic E-state index is 3.67. The Balaban J connectivity index is 1.60. The van der Waals surface area contributed by atoms with Crippen molar-refractivity contribution in [1.82, 2.24) is 5.32 Å². The molecule has 0 aliphatic heterocycles. The maximum absolute atomic E-state index is 3.67. The highest BCUT2D eigenvalue weighted by molar-refractivity contribution is 4.92. The lowest BCUT2D eigenvalue weighted by atomic mass is 10.1. The second kappa shape index (κ2) is 2.78. The summed E-state index contributed by atoms with van der Waals surface area (Å²) in [6.07, 6.45) is 5.82. The van der Waals surface area contributed by atoms with E-state index in [0.717, 1.165) is 23.9 Å². The van der Waals surface area contributed by atoms with E-state index < -0.39 is 0 Å². The zero-order chi connectivity index (χ0) is 7.84. The number of hydrogen-bond donors (Lipinski definition) is 1. The molecule has 3 atom stereocenters. The van der Waals surface area contributed by atoms with Gasteiger partial charge in [0.05, 0.1) is 0 Å². The van der Waals surface area contributed by atoms with Crippen LogP contribution in [0, 0.1) is 11.8 Å². The van der Waals surface area contributed by atoms with Gasteiger partial charge in [0.15, 0.2) is 0 Å². The zero-order valence-electron chi connectivity index (χ0n) is 7.64. The van der Waals surface area contributed by atoms with E-state index in [9.17, 15) is 0 Å². The Morgan fingerprint density at radius 2 is 2.09 bits per heavy atom. The zero-order valence-corrected chi connectivity index (χ0v) is 7.64. The fourth-order valence-electron chi connectivity index (χ4n) is 1.84. The van der Waals surface area contributed by atoms with Crippen molar-refractivity contribution in [3.63, 3.8) is 0 Å². The van der Waals surface area contributed by atoms with Gasteiger partial charge in [-0.1, -0.05) is 19.8 Å². The minimum absolute atomic E-state index is 0.775. The lowest BCUT2D eigenvalue weighted by molar-refractivity contribution is 0.475. The van der Waals surface area contributed by atoms with E-state index in [0.29, 0.717) is 0 Å². The second-order valence-corrected chi connectivity index (χ2v) is 4.57. The second-order valence-electron chi connectivity index (χ2n) is 4.57. The van der Waals surface area contributed by atoms with Crippen LogP contribution >= 0.6 is 0 Å². The number of nitrogens with one attached hydrogen (secondary N) is 1. The van der Waals surface area contributed by atoms with Crippen molar-refractivity contribution in [3.8, 4) is 0 Å². The highest BCUT2D eigenvalue weighted by atomic mass is 15.0. The van der Waals surface area contributed by atoms with Crippen molar-refractivity contribution in [2.75, 3.05) is 0 Å². The van der Waals surface area contributed by atoms with Gasteiger partial charge in [-0.2, -0.15) is 0 Å². The van der Waals surface area contributed by atoms with Crippen molar-refractivity contribution in [2.45, 2.75) is 51.6 Å². The van der Waals surface area contributed by atoms with Crippen molar-refractivity contribution < 1.29 is 0 Å². The molecule has 64 valence electrons. The monoisotopic (exact) mass is 153 g/mol. The summed E-state index contributed by atoms with van der Waals surface area (Å²) in [6, 6.07) is 1.64. The summed E-state index contributed by atoms with van der Waals surface area (Å²) in [4.78, 5) is 0. The van der Waals surface area contributed by atoms with Gasteiger partial charge >= 0.3 is 0 Å². The van der Waals surface area contributed by atoms with Gasteiger partial charge in [0.25, 0.3) is 0 Å². The third kappa shape index (κ3) is 2.19. The van der Waals surface area contributed by atoms with Gasteiger partial charge in [-0.3, -0.25) is 0 Å². The Hall–Kier alpha value is -0.0400. The lowest BCUT2D eigenvalue weighted by Gasteiger charge is -2.12. The largest absolute Gasteiger partial charge is 0.311 e. The summed E-state index contributed by atoms with van der Waals surface area (Å²) in [5, 5.41) is 3.67. The third-order valence-electron chi connectivity index (χ3n) is 2.99. The quantitative estimate of drug-likeness (QED) is 0.652. The molecule has 11 heavy (non-hydrogen) atoms. The first-order valence-corrected chi connectivity index (χ1v) is 5.01. The molecule has 0 aromatic carbocycles. The summed E-state index contributed by atoms with van der Waals surface area (Å²) in [5.74, 6) is 2.03. The average molecular weight is 153 g/mol. The van der Waals surface area contributed by atoms with Crippen molar-refractivity contribution in [1.29, 1.82) is 0 Å². The molecule has 0 amide bonds. The molecular formula is C10H19N. The number of hydrogen-bond acceptors (Lipinski definition) is 1. The summed E-state index contributed by atoms with van der Waals surface area (Å²) >= 11 is 0. The fourth-order valence-corrected chi connectivity index (χ4v) is 1.84. The molecule has 2 rings (SSSR count). The minimum atomic E-state index is 0.775. The Morgan fingerprint density at radius 1 is 1.45 bits per heavy atom.